The van der Waals surface area contributed by atoms with Gasteiger partial charge in [-0.1, -0.05) is 0 Å². The number of ether oxygens (including phenoxy) is 2. The van der Waals surface area contributed by atoms with Gasteiger partial charge in [0.1, 0.15) is 13.2 Å². The summed E-state index contributed by atoms with van der Waals surface area (Å²) in [6.07, 6.45) is 4.60. The number of rotatable bonds is 4. The van der Waals surface area contributed by atoms with E-state index < -0.39 is 0 Å². The summed E-state index contributed by atoms with van der Waals surface area (Å²) in [4.78, 5) is 35.5. The summed E-state index contributed by atoms with van der Waals surface area (Å²) in [5.74, 6) is 0.793. The van der Waals surface area contributed by atoms with Gasteiger partial charge in [0.2, 0.25) is 5.91 Å². The first-order valence-electron chi connectivity index (χ1n) is 7.72. The molecule has 1 aromatic heterocycles. The third kappa shape index (κ3) is 3.42. The van der Waals surface area contributed by atoms with Crippen molar-refractivity contribution in [3.05, 3.63) is 18.1 Å². The molecule has 0 aliphatic carbocycles. The van der Waals surface area contributed by atoms with Gasteiger partial charge in [0.25, 0.3) is 0 Å². The number of methoxy groups -OCH3 is 1. The van der Waals surface area contributed by atoms with E-state index in [-0.39, 0.29) is 24.5 Å². The SMILES string of the molecule is COCC(=O)N1CCC(c2cncc(N3CCOC3=O)n2)CC1. The number of likely N-dealkylation sites (tertiary alicyclic amines) is 1. The second-order valence-corrected chi connectivity index (χ2v) is 5.66. The zero-order valence-corrected chi connectivity index (χ0v) is 13.1. The van der Waals surface area contributed by atoms with E-state index in [0.29, 0.717) is 32.1 Å². The minimum atomic E-state index is -0.378. The van der Waals surface area contributed by atoms with E-state index in [1.54, 1.807) is 12.4 Å². The summed E-state index contributed by atoms with van der Waals surface area (Å²) in [6.45, 7) is 2.37. The highest BCUT2D eigenvalue weighted by molar-refractivity contribution is 5.87. The molecule has 0 saturated carbocycles. The van der Waals surface area contributed by atoms with Crippen LogP contribution in [-0.4, -0.2) is 66.8 Å². The lowest BCUT2D eigenvalue weighted by atomic mass is 9.94. The summed E-state index contributed by atoms with van der Waals surface area (Å²) in [5, 5.41) is 0. The molecule has 0 radical (unpaired) electrons. The Morgan fingerprint density at radius 3 is 2.78 bits per heavy atom. The highest BCUT2D eigenvalue weighted by atomic mass is 16.6. The summed E-state index contributed by atoms with van der Waals surface area (Å²) in [7, 11) is 1.52. The zero-order chi connectivity index (χ0) is 16.2. The summed E-state index contributed by atoms with van der Waals surface area (Å²) in [6, 6.07) is 0. The van der Waals surface area contributed by atoms with E-state index >= 15 is 0 Å². The van der Waals surface area contributed by atoms with Gasteiger partial charge in [-0.15, -0.1) is 0 Å². The number of amides is 2. The normalized spacial score (nSPS) is 19.1. The van der Waals surface area contributed by atoms with Gasteiger partial charge in [-0.2, -0.15) is 0 Å². The van der Waals surface area contributed by atoms with Crippen molar-refractivity contribution in [1.29, 1.82) is 0 Å². The Labute approximate surface area is 134 Å². The predicted octanol–water partition coefficient (Wildman–Crippen LogP) is 0.786. The van der Waals surface area contributed by atoms with Crippen LogP contribution in [0.2, 0.25) is 0 Å². The predicted molar refractivity (Wildman–Crippen MR) is 81.2 cm³/mol. The number of cyclic esters (lactones) is 1. The van der Waals surface area contributed by atoms with E-state index in [1.165, 1.54) is 12.0 Å². The van der Waals surface area contributed by atoms with Crippen LogP contribution in [0.1, 0.15) is 24.5 Å². The van der Waals surface area contributed by atoms with Crippen LogP contribution in [0.25, 0.3) is 0 Å². The zero-order valence-electron chi connectivity index (χ0n) is 13.1. The standard InChI is InChI=1S/C15H20N4O4/c1-22-10-14(20)18-4-2-11(3-5-18)12-8-16-9-13(17-12)19-6-7-23-15(19)21/h8-9,11H,2-7,10H2,1H3. The summed E-state index contributed by atoms with van der Waals surface area (Å²) >= 11 is 0. The lowest BCUT2D eigenvalue weighted by Crippen LogP contribution is -2.40. The molecule has 2 aliphatic heterocycles. The van der Waals surface area contributed by atoms with Crippen LogP contribution >= 0.6 is 0 Å². The van der Waals surface area contributed by atoms with E-state index in [9.17, 15) is 9.59 Å². The Hall–Kier alpha value is -2.22. The van der Waals surface area contributed by atoms with Crippen LogP contribution in [-0.2, 0) is 14.3 Å². The van der Waals surface area contributed by atoms with Crippen LogP contribution in [0.4, 0.5) is 10.6 Å². The van der Waals surface area contributed by atoms with Crippen LogP contribution in [0.5, 0.6) is 0 Å². The van der Waals surface area contributed by atoms with Gasteiger partial charge in [0, 0.05) is 32.3 Å². The number of nitrogens with zero attached hydrogens (tertiary/aromatic N) is 4. The summed E-state index contributed by atoms with van der Waals surface area (Å²) < 4.78 is 9.82. The van der Waals surface area contributed by atoms with Crippen molar-refractivity contribution >= 4 is 17.8 Å². The first-order chi connectivity index (χ1) is 11.2. The Balaban J connectivity index is 1.64. The van der Waals surface area contributed by atoms with E-state index in [1.807, 2.05) is 4.90 Å². The molecule has 2 aliphatic rings. The number of carbonyl (C=O) groups is 2. The Morgan fingerprint density at radius 2 is 2.13 bits per heavy atom. The lowest BCUT2D eigenvalue weighted by Gasteiger charge is -2.31. The molecule has 1 aromatic rings. The van der Waals surface area contributed by atoms with Crippen molar-refractivity contribution in [1.82, 2.24) is 14.9 Å². The van der Waals surface area contributed by atoms with E-state index in [0.717, 1.165) is 18.5 Å². The first-order valence-corrected chi connectivity index (χ1v) is 7.72. The number of hydrogen-bond acceptors (Lipinski definition) is 6. The Kier molecular flexibility index (Phi) is 4.71. The van der Waals surface area contributed by atoms with Gasteiger partial charge < -0.3 is 14.4 Å². The van der Waals surface area contributed by atoms with Gasteiger partial charge in [-0.3, -0.25) is 14.7 Å². The lowest BCUT2D eigenvalue weighted by molar-refractivity contribution is -0.136. The largest absolute Gasteiger partial charge is 0.447 e. The first kappa shape index (κ1) is 15.7. The van der Waals surface area contributed by atoms with Crippen molar-refractivity contribution in [2.45, 2.75) is 18.8 Å². The van der Waals surface area contributed by atoms with Gasteiger partial charge in [-0.05, 0) is 12.8 Å². The van der Waals surface area contributed by atoms with Gasteiger partial charge in [0.05, 0.1) is 18.4 Å². The maximum Gasteiger partial charge on any atom is 0.415 e. The monoisotopic (exact) mass is 320 g/mol. The third-order valence-electron chi connectivity index (χ3n) is 4.21. The van der Waals surface area contributed by atoms with Crippen LogP contribution in [0.15, 0.2) is 12.4 Å². The summed E-state index contributed by atoms with van der Waals surface area (Å²) in [5.41, 5.74) is 0.862. The van der Waals surface area contributed by atoms with Crippen LogP contribution in [0, 0.1) is 0 Å². The van der Waals surface area contributed by atoms with Crippen molar-refractivity contribution in [2.75, 3.05) is 44.9 Å². The van der Waals surface area contributed by atoms with E-state index in [2.05, 4.69) is 9.97 Å². The number of hydrogen-bond donors (Lipinski definition) is 0. The molecule has 0 unspecified atom stereocenters. The maximum atomic E-state index is 11.8. The highest BCUT2D eigenvalue weighted by Gasteiger charge is 2.28. The maximum absolute atomic E-state index is 11.8. The molecule has 8 nitrogen and oxygen atoms in total. The minimum absolute atomic E-state index is 0.0191. The molecule has 0 atom stereocenters. The van der Waals surface area contributed by atoms with Crippen molar-refractivity contribution in [3.8, 4) is 0 Å². The molecule has 2 saturated heterocycles. The second-order valence-electron chi connectivity index (χ2n) is 5.66. The Bertz CT molecular complexity index is 587. The molecular formula is C15H20N4O4. The van der Waals surface area contributed by atoms with Gasteiger partial charge in [0.15, 0.2) is 5.82 Å². The van der Waals surface area contributed by atoms with E-state index in [4.69, 9.17) is 9.47 Å². The van der Waals surface area contributed by atoms with Gasteiger partial charge >= 0.3 is 6.09 Å². The fourth-order valence-corrected chi connectivity index (χ4v) is 2.94. The minimum Gasteiger partial charge on any atom is -0.447 e. The third-order valence-corrected chi connectivity index (χ3v) is 4.21. The number of aromatic nitrogens is 2. The van der Waals surface area contributed by atoms with Crippen LogP contribution in [0.3, 0.4) is 0 Å². The van der Waals surface area contributed by atoms with Crippen molar-refractivity contribution < 1.29 is 19.1 Å². The molecule has 0 N–H and O–H groups in total. The molecule has 0 bridgehead atoms. The van der Waals surface area contributed by atoms with Gasteiger partial charge in [-0.25, -0.2) is 9.78 Å². The fraction of sp³-hybridized carbons (Fsp3) is 0.600. The molecule has 0 aromatic carbocycles. The smallest absolute Gasteiger partial charge is 0.415 e. The van der Waals surface area contributed by atoms with Crippen molar-refractivity contribution in [2.24, 2.45) is 0 Å². The molecule has 3 heterocycles. The average Bonchev–Trinajstić information content (AvgIpc) is 3.01. The topological polar surface area (TPSA) is 84.9 Å². The molecule has 2 amide bonds. The molecule has 23 heavy (non-hydrogen) atoms. The quantitative estimate of drug-likeness (QED) is 0.815. The Morgan fingerprint density at radius 1 is 1.35 bits per heavy atom. The molecule has 2 fully saturated rings. The molecular weight excluding hydrogens is 300 g/mol. The number of carbonyl (C=O) groups excluding carboxylic acids is 2. The second kappa shape index (κ2) is 6.91. The highest BCUT2D eigenvalue weighted by Crippen LogP contribution is 2.28. The molecule has 8 heteroatoms. The number of piperidine rings is 1. The number of anilines is 1. The van der Waals surface area contributed by atoms with Crippen LogP contribution < -0.4 is 4.90 Å². The fourth-order valence-electron chi connectivity index (χ4n) is 2.94. The molecule has 0 spiro atoms. The average molecular weight is 320 g/mol. The molecule has 124 valence electrons. The molecule has 3 rings (SSSR count). The van der Waals surface area contributed by atoms with Crippen molar-refractivity contribution in [3.63, 3.8) is 0 Å².